The number of nitrogens with one attached hydrogen (secondary N) is 2. The van der Waals surface area contributed by atoms with Crippen molar-refractivity contribution < 1.29 is 0 Å². The molecule has 0 aromatic carbocycles. The second-order valence-electron chi connectivity index (χ2n) is 4.55. The molecule has 17 heavy (non-hydrogen) atoms. The van der Waals surface area contributed by atoms with Crippen LogP contribution in [0.25, 0.3) is 0 Å². The van der Waals surface area contributed by atoms with Crippen molar-refractivity contribution >= 4 is 11.4 Å². The van der Waals surface area contributed by atoms with Crippen LogP contribution in [0.1, 0.15) is 57.8 Å². The Morgan fingerprint density at radius 1 is 0.588 bits per heavy atom. The number of rotatable bonds is 12. The molecule has 0 saturated heterocycles. The van der Waals surface area contributed by atoms with Crippen LogP contribution in [-0.4, -0.2) is 24.5 Å². The average Bonchev–Trinajstić information content (AvgIpc) is 2.32. The molecule has 6 N–H and O–H groups in total. The fourth-order valence-corrected chi connectivity index (χ4v) is 1.72. The SMILES string of the molecule is N=C(CCCN)CCCCC(=N)CCCCN. The largest absolute Gasteiger partial charge is 0.330 e. The zero-order valence-corrected chi connectivity index (χ0v) is 10.9. The van der Waals surface area contributed by atoms with E-state index in [0.29, 0.717) is 6.54 Å². The van der Waals surface area contributed by atoms with Gasteiger partial charge in [-0.3, -0.25) is 0 Å². The number of hydrogen-bond acceptors (Lipinski definition) is 4. The monoisotopic (exact) mass is 240 g/mol. The van der Waals surface area contributed by atoms with Crippen molar-refractivity contribution in [2.24, 2.45) is 11.5 Å². The second-order valence-corrected chi connectivity index (χ2v) is 4.55. The van der Waals surface area contributed by atoms with E-state index in [1.165, 1.54) is 0 Å². The molecule has 0 aliphatic carbocycles. The first-order chi connectivity index (χ1) is 8.20. The summed E-state index contributed by atoms with van der Waals surface area (Å²) in [4.78, 5) is 0. The van der Waals surface area contributed by atoms with E-state index in [4.69, 9.17) is 22.3 Å². The maximum atomic E-state index is 7.75. The van der Waals surface area contributed by atoms with Crippen molar-refractivity contribution in [1.29, 1.82) is 10.8 Å². The lowest BCUT2D eigenvalue weighted by Gasteiger charge is -2.05. The van der Waals surface area contributed by atoms with Crippen molar-refractivity contribution in [2.45, 2.75) is 57.8 Å². The predicted octanol–water partition coefficient (Wildman–Crippen LogP) is 2.45. The first-order valence-corrected chi connectivity index (χ1v) is 6.73. The first-order valence-electron chi connectivity index (χ1n) is 6.73. The third-order valence-corrected chi connectivity index (χ3v) is 2.82. The molecular formula is C13H28N4. The molecule has 0 spiro atoms. The Labute approximate surface area is 105 Å². The van der Waals surface area contributed by atoms with Crippen molar-refractivity contribution in [3.05, 3.63) is 0 Å². The summed E-state index contributed by atoms with van der Waals surface area (Å²) in [6.45, 7) is 1.40. The van der Waals surface area contributed by atoms with Crippen molar-refractivity contribution in [2.75, 3.05) is 13.1 Å². The highest BCUT2D eigenvalue weighted by molar-refractivity contribution is 5.82. The zero-order chi connectivity index (χ0) is 12.9. The smallest absolute Gasteiger partial charge is 0.00896 e. The van der Waals surface area contributed by atoms with Gasteiger partial charge in [-0.15, -0.1) is 0 Å². The Bertz CT molecular complexity index is 213. The van der Waals surface area contributed by atoms with Crippen LogP contribution < -0.4 is 11.5 Å². The molecule has 0 amide bonds. The topological polar surface area (TPSA) is 99.7 Å². The molecule has 0 saturated carbocycles. The van der Waals surface area contributed by atoms with Crippen molar-refractivity contribution in [3.8, 4) is 0 Å². The molecule has 0 bridgehead atoms. The molecular weight excluding hydrogens is 212 g/mol. The summed E-state index contributed by atoms with van der Waals surface area (Å²) in [5.74, 6) is 0. The molecule has 0 atom stereocenters. The highest BCUT2D eigenvalue weighted by Crippen LogP contribution is 2.07. The molecule has 4 heteroatoms. The van der Waals surface area contributed by atoms with Crippen LogP contribution in [0.5, 0.6) is 0 Å². The summed E-state index contributed by atoms with van der Waals surface area (Å²) >= 11 is 0. The molecule has 0 heterocycles. The van der Waals surface area contributed by atoms with Crippen molar-refractivity contribution in [3.63, 3.8) is 0 Å². The number of nitrogens with two attached hydrogens (primary N) is 2. The van der Waals surface area contributed by atoms with Gasteiger partial charge in [0.25, 0.3) is 0 Å². The maximum Gasteiger partial charge on any atom is 0.00896 e. The third kappa shape index (κ3) is 11.5. The van der Waals surface area contributed by atoms with E-state index in [9.17, 15) is 0 Å². The minimum absolute atomic E-state index is 0.675. The van der Waals surface area contributed by atoms with E-state index in [0.717, 1.165) is 75.8 Å². The number of unbranched alkanes of at least 4 members (excludes halogenated alkanes) is 2. The molecule has 0 aromatic heterocycles. The van der Waals surface area contributed by atoms with Gasteiger partial charge in [-0.05, 0) is 70.9 Å². The van der Waals surface area contributed by atoms with E-state index in [2.05, 4.69) is 0 Å². The molecule has 0 aliphatic heterocycles. The molecule has 0 aliphatic rings. The van der Waals surface area contributed by atoms with Gasteiger partial charge in [0, 0.05) is 11.4 Å². The van der Waals surface area contributed by atoms with E-state index in [-0.39, 0.29) is 0 Å². The quantitative estimate of drug-likeness (QED) is 0.311. The Balaban J connectivity index is 3.32. The highest BCUT2D eigenvalue weighted by Gasteiger charge is 2.00. The fraction of sp³-hybridized carbons (Fsp3) is 0.846. The lowest BCUT2D eigenvalue weighted by molar-refractivity contribution is 0.735. The summed E-state index contributed by atoms with van der Waals surface area (Å²) < 4.78 is 0. The summed E-state index contributed by atoms with van der Waals surface area (Å²) in [6.07, 6.45) is 8.54. The molecule has 0 aromatic rings. The van der Waals surface area contributed by atoms with Gasteiger partial charge in [-0.1, -0.05) is 0 Å². The second kappa shape index (κ2) is 11.7. The predicted molar refractivity (Wildman–Crippen MR) is 75.1 cm³/mol. The standard InChI is InChI=1S/C13H28N4/c14-10-4-3-8-12(16)6-1-2-7-13(17)9-5-11-15/h16-17H,1-11,14-15H2. The Morgan fingerprint density at radius 2 is 0.941 bits per heavy atom. The molecule has 0 unspecified atom stereocenters. The van der Waals surface area contributed by atoms with Crippen LogP contribution in [0.2, 0.25) is 0 Å². The molecule has 0 rings (SSSR count). The lowest BCUT2D eigenvalue weighted by Crippen LogP contribution is -2.04. The highest BCUT2D eigenvalue weighted by atomic mass is 14.5. The molecule has 4 nitrogen and oxygen atoms in total. The van der Waals surface area contributed by atoms with E-state index in [1.807, 2.05) is 0 Å². The summed E-state index contributed by atoms with van der Waals surface area (Å²) in [6, 6.07) is 0. The van der Waals surface area contributed by atoms with Gasteiger partial charge in [-0.25, -0.2) is 0 Å². The summed E-state index contributed by atoms with van der Waals surface area (Å²) in [5.41, 5.74) is 12.5. The molecule has 0 radical (unpaired) electrons. The van der Waals surface area contributed by atoms with Gasteiger partial charge in [0.15, 0.2) is 0 Å². The van der Waals surface area contributed by atoms with Gasteiger partial charge in [0.05, 0.1) is 0 Å². The van der Waals surface area contributed by atoms with Crippen LogP contribution in [0, 0.1) is 10.8 Å². The fourth-order valence-electron chi connectivity index (χ4n) is 1.72. The third-order valence-electron chi connectivity index (χ3n) is 2.82. The van der Waals surface area contributed by atoms with E-state index in [1.54, 1.807) is 0 Å². The summed E-state index contributed by atoms with van der Waals surface area (Å²) in [5, 5.41) is 15.4. The van der Waals surface area contributed by atoms with Crippen molar-refractivity contribution in [1.82, 2.24) is 0 Å². The number of hydrogen-bond donors (Lipinski definition) is 4. The Morgan fingerprint density at radius 3 is 1.35 bits per heavy atom. The minimum atomic E-state index is 0.675. The maximum absolute atomic E-state index is 7.75. The van der Waals surface area contributed by atoms with Crippen LogP contribution in [0.15, 0.2) is 0 Å². The first kappa shape index (κ1) is 16.3. The van der Waals surface area contributed by atoms with Crippen LogP contribution in [0.3, 0.4) is 0 Å². The Kier molecular flexibility index (Phi) is 11.2. The molecule has 100 valence electrons. The Hall–Kier alpha value is -0.740. The van der Waals surface area contributed by atoms with E-state index < -0.39 is 0 Å². The average molecular weight is 240 g/mol. The van der Waals surface area contributed by atoms with Gasteiger partial charge in [0.1, 0.15) is 0 Å². The van der Waals surface area contributed by atoms with Crippen LogP contribution >= 0.6 is 0 Å². The van der Waals surface area contributed by atoms with Gasteiger partial charge in [-0.2, -0.15) is 0 Å². The van der Waals surface area contributed by atoms with E-state index >= 15 is 0 Å². The van der Waals surface area contributed by atoms with Crippen LogP contribution in [0.4, 0.5) is 0 Å². The van der Waals surface area contributed by atoms with Gasteiger partial charge in [0.2, 0.25) is 0 Å². The lowest BCUT2D eigenvalue weighted by atomic mass is 10.0. The minimum Gasteiger partial charge on any atom is -0.330 e. The zero-order valence-electron chi connectivity index (χ0n) is 10.9. The van der Waals surface area contributed by atoms with Crippen LogP contribution in [-0.2, 0) is 0 Å². The van der Waals surface area contributed by atoms with Gasteiger partial charge < -0.3 is 22.3 Å². The summed E-state index contributed by atoms with van der Waals surface area (Å²) in [7, 11) is 0. The molecule has 0 fully saturated rings. The van der Waals surface area contributed by atoms with Gasteiger partial charge >= 0.3 is 0 Å². The normalized spacial score (nSPS) is 10.5.